The fourth-order valence-corrected chi connectivity index (χ4v) is 4.66. The number of ether oxygens (including phenoxy) is 2. The Bertz CT molecular complexity index is 1380. The Morgan fingerprint density at radius 3 is 2.62 bits per heavy atom. The van der Waals surface area contributed by atoms with Gasteiger partial charge in [-0.05, 0) is 53.9 Å². The maximum Gasteiger partial charge on any atom is 0.266 e. The number of aliphatic hydroxyl groups is 1. The van der Waals surface area contributed by atoms with E-state index in [0.29, 0.717) is 42.1 Å². The topological polar surface area (TPSA) is 141 Å². The molecular formula is C29H31BrN6O4. The minimum Gasteiger partial charge on any atom is -0.494 e. The van der Waals surface area contributed by atoms with E-state index < -0.39 is 11.6 Å². The molecule has 40 heavy (non-hydrogen) atoms. The van der Waals surface area contributed by atoms with Crippen molar-refractivity contribution in [2.45, 2.75) is 37.8 Å². The summed E-state index contributed by atoms with van der Waals surface area (Å²) < 4.78 is 13.1. The Kier molecular flexibility index (Phi) is 10.2. The van der Waals surface area contributed by atoms with Crippen LogP contribution in [0.2, 0.25) is 0 Å². The Morgan fingerprint density at radius 1 is 1.18 bits per heavy atom. The summed E-state index contributed by atoms with van der Waals surface area (Å²) in [5.74, 6) is 0.553. The molecule has 3 N–H and O–H groups in total. The second kappa shape index (κ2) is 14.0. The Labute approximate surface area is 241 Å². The van der Waals surface area contributed by atoms with Crippen molar-refractivity contribution in [2.24, 2.45) is 10.1 Å². The van der Waals surface area contributed by atoms with E-state index in [1.165, 1.54) is 0 Å². The number of hydrogen-bond donors (Lipinski definition) is 3. The van der Waals surface area contributed by atoms with Crippen LogP contribution in [0.4, 0.5) is 5.69 Å². The van der Waals surface area contributed by atoms with Gasteiger partial charge in [-0.25, -0.2) is 10.4 Å². The number of azide groups is 1. The fourth-order valence-electron chi connectivity index (χ4n) is 4.40. The van der Waals surface area contributed by atoms with Gasteiger partial charge in [0.25, 0.3) is 5.91 Å². The third-order valence-electron chi connectivity index (χ3n) is 6.37. The average Bonchev–Trinajstić information content (AvgIpc) is 3.35. The van der Waals surface area contributed by atoms with Gasteiger partial charge in [-0.1, -0.05) is 64.4 Å². The molecule has 11 heteroatoms. The van der Waals surface area contributed by atoms with Crippen LogP contribution < -0.4 is 15.6 Å². The predicted octanol–water partition coefficient (Wildman–Crippen LogP) is 5.68. The largest absolute Gasteiger partial charge is 0.494 e. The smallest absolute Gasteiger partial charge is 0.266 e. The number of aliphatic imine (C=N–C) groups is 1. The van der Waals surface area contributed by atoms with Crippen molar-refractivity contribution in [3.8, 4) is 5.75 Å². The molecule has 4 rings (SSSR count). The zero-order chi connectivity index (χ0) is 28.4. The maximum absolute atomic E-state index is 14.0. The molecule has 0 aromatic heterocycles. The molecule has 1 aliphatic rings. The summed E-state index contributed by atoms with van der Waals surface area (Å²) in [5, 5.41) is 12.9. The summed E-state index contributed by atoms with van der Waals surface area (Å²) in [7, 11) is 0. The highest BCUT2D eigenvalue weighted by Crippen LogP contribution is 2.45. The molecule has 0 radical (unpaired) electrons. The molecule has 3 aromatic carbocycles. The van der Waals surface area contributed by atoms with Crippen LogP contribution in [0.15, 0.2) is 87.4 Å². The van der Waals surface area contributed by atoms with Gasteiger partial charge in [0.2, 0.25) is 5.90 Å². The molecule has 0 spiro atoms. The molecule has 1 amide bonds. The molecule has 0 aliphatic carbocycles. The van der Waals surface area contributed by atoms with E-state index in [0.717, 1.165) is 16.5 Å². The van der Waals surface area contributed by atoms with E-state index in [9.17, 15) is 10.3 Å². The SMILES string of the molecule is CCCNNC(=O)[C@@]1(Cc2ccc(Br)cc2)N=C(c2ccc(OCCCO)cc2)O[C@H]1c1ccccc1N=[N+]=[N-]. The van der Waals surface area contributed by atoms with Crippen molar-refractivity contribution in [3.63, 3.8) is 0 Å². The lowest BCUT2D eigenvalue weighted by Crippen LogP contribution is -2.54. The van der Waals surface area contributed by atoms with Gasteiger partial charge >= 0.3 is 0 Å². The first-order valence-corrected chi connectivity index (χ1v) is 13.8. The van der Waals surface area contributed by atoms with Gasteiger partial charge in [0, 0.05) is 52.2 Å². The molecule has 0 fully saturated rings. The summed E-state index contributed by atoms with van der Waals surface area (Å²) in [5.41, 5.74) is 16.1. The van der Waals surface area contributed by atoms with Crippen LogP contribution in [-0.4, -0.2) is 42.2 Å². The van der Waals surface area contributed by atoms with Crippen LogP contribution in [0, 0.1) is 0 Å². The van der Waals surface area contributed by atoms with Crippen LogP contribution in [0.5, 0.6) is 5.75 Å². The Morgan fingerprint density at radius 2 is 1.93 bits per heavy atom. The lowest BCUT2D eigenvalue weighted by molar-refractivity contribution is -0.130. The van der Waals surface area contributed by atoms with Gasteiger partial charge in [-0.15, -0.1) is 0 Å². The van der Waals surface area contributed by atoms with Crippen molar-refractivity contribution < 1.29 is 19.4 Å². The van der Waals surface area contributed by atoms with Gasteiger partial charge in [-0.2, -0.15) is 0 Å². The van der Waals surface area contributed by atoms with Gasteiger partial charge in [0.15, 0.2) is 11.6 Å². The number of benzene rings is 3. The maximum atomic E-state index is 14.0. The zero-order valence-corrected chi connectivity index (χ0v) is 23.7. The third-order valence-corrected chi connectivity index (χ3v) is 6.89. The van der Waals surface area contributed by atoms with E-state index in [4.69, 9.17) is 19.6 Å². The van der Waals surface area contributed by atoms with E-state index in [1.54, 1.807) is 30.3 Å². The number of amides is 1. The molecule has 0 bridgehead atoms. The molecule has 10 nitrogen and oxygen atoms in total. The number of carbonyl (C=O) groups excluding carboxylic acids is 1. The predicted molar refractivity (Wildman–Crippen MR) is 156 cm³/mol. The quantitative estimate of drug-likeness (QED) is 0.0754. The number of aliphatic hydroxyl groups excluding tert-OH is 1. The first-order chi connectivity index (χ1) is 19.5. The second-order valence-electron chi connectivity index (χ2n) is 9.22. The number of halogens is 1. The minimum absolute atomic E-state index is 0.0526. The normalized spacial score (nSPS) is 17.9. The van der Waals surface area contributed by atoms with Crippen molar-refractivity contribution in [3.05, 3.63) is 104 Å². The Balaban J connectivity index is 1.81. The number of nitrogens with one attached hydrogen (secondary N) is 2. The number of rotatable bonds is 13. The summed E-state index contributed by atoms with van der Waals surface area (Å²) in [4.78, 5) is 22.0. The third kappa shape index (κ3) is 6.81. The lowest BCUT2D eigenvalue weighted by Gasteiger charge is -2.31. The fraction of sp³-hybridized carbons (Fsp3) is 0.310. The zero-order valence-electron chi connectivity index (χ0n) is 22.1. The van der Waals surface area contributed by atoms with Crippen LogP contribution in [-0.2, 0) is 16.0 Å². The molecule has 0 saturated heterocycles. The highest BCUT2D eigenvalue weighted by atomic mass is 79.9. The standard InChI is InChI=1S/C29H31BrN6O4/c1-2-16-32-35-28(38)29(19-20-8-12-22(30)13-9-20)26(24-6-3-4-7-25(24)34-36-31)40-27(33-29)21-10-14-23(15-11-21)39-18-5-17-37/h3-4,6-15,26,32,37H,2,5,16-19H2,1H3,(H,35,38)/t26-,29-/m0/s1. The molecule has 3 aromatic rings. The van der Waals surface area contributed by atoms with Gasteiger partial charge in [0.05, 0.1) is 6.61 Å². The molecule has 1 aliphatic heterocycles. The van der Waals surface area contributed by atoms with Gasteiger partial charge < -0.3 is 14.6 Å². The molecule has 0 unspecified atom stereocenters. The highest BCUT2D eigenvalue weighted by molar-refractivity contribution is 9.10. The van der Waals surface area contributed by atoms with E-state index in [-0.39, 0.29) is 24.8 Å². The van der Waals surface area contributed by atoms with E-state index in [1.807, 2.05) is 49.4 Å². The first-order valence-electron chi connectivity index (χ1n) is 13.0. The minimum atomic E-state index is -1.43. The van der Waals surface area contributed by atoms with Crippen molar-refractivity contribution >= 4 is 33.4 Å². The van der Waals surface area contributed by atoms with Crippen LogP contribution in [0.25, 0.3) is 10.4 Å². The number of hydrazine groups is 1. The van der Waals surface area contributed by atoms with E-state index >= 15 is 0 Å². The average molecular weight is 608 g/mol. The van der Waals surface area contributed by atoms with Crippen molar-refractivity contribution in [1.29, 1.82) is 0 Å². The first kappa shape index (κ1) is 29.1. The number of hydrogen-bond acceptors (Lipinski definition) is 7. The second-order valence-corrected chi connectivity index (χ2v) is 10.1. The molecule has 2 atom stereocenters. The van der Waals surface area contributed by atoms with Crippen LogP contribution in [0.1, 0.15) is 42.6 Å². The summed E-state index contributed by atoms with van der Waals surface area (Å²) in [6.45, 7) is 3.03. The number of nitrogens with zero attached hydrogens (tertiary/aromatic N) is 4. The molecular weight excluding hydrogens is 576 g/mol. The number of carbonyl (C=O) groups is 1. The summed E-state index contributed by atoms with van der Waals surface area (Å²) in [6.07, 6.45) is 0.683. The molecule has 208 valence electrons. The van der Waals surface area contributed by atoms with Gasteiger partial charge in [0.1, 0.15) is 5.75 Å². The van der Waals surface area contributed by atoms with Crippen molar-refractivity contribution in [1.82, 2.24) is 10.9 Å². The van der Waals surface area contributed by atoms with Crippen molar-refractivity contribution in [2.75, 3.05) is 19.8 Å². The molecule has 0 saturated carbocycles. The summed E-state index contributed by atoms with van der Waals surface area (Å²) in [6, 6.07) is 21.9. The summed E-state index contributed by atoms with van der Waals surface area (Å²) >= 11 is 3.47. The van der Waals surface area contributed by atoms with Crippen LogP contribution >= 0.6 is 15.9 Å². The van der Waals surface area contributed by atoms with Gasteiger partial charge in [-0.3, -0.25) is 10.2 Å². The van der Waals surface area contributed by atoms with E-state index in [2.05, 4.69) is 36.8 Å². The lowest BCUT2D eigenvalue weighted by atomic mass is 9.81. The Hall–Kier alpha value is -3.89. The van der Waals surface area contributed by atoms with Crippen LogP contribution in [0.3, 0.4) is 0 Å². The molecule has 1 heterocycles. The highest BCUT2D eigenvalue weighted by Gasteiger charge is 2.54. The monoisotopic (exact) mass is 606 g/mol.